The highest BCUT2D eigenvalue weighted by Gasteiger charge is 2.52. The fourth-order valence-electron chi connectivity index (χ4n) is 6.22. The summed E-state index contributed by atoms with van der Waals surface area (Å²) in [5.41, 5.74) is 2.26. The number of likely N-dealkylation sites (tertiary alicyclic amines) is 3. The molecule has 22 heteroatoms. The van der Waals surface area contributed by atoms with Crippen LogP contribution in [0.4, 0.5) is 31.9 Å². The molecule has 0 aromatic heterocycles. The van der Waals surface area contributed by atoms with Crippen LogP contribution in [-0.4, -0.2) is 131 Å². The summed E-state index contributed by atoms with van der Waals surface area (Å²) in [6.07, 6.45) is -4.34. The average Bonchev–Trinajstić information content (AvgIpc) is 3.96. The number of carboxylic acid groups (broad SMARTS) is 1. The van der Waals surface area contributed by atoms with Crippen molar-refractivity contribution in [2.75, 3.05) is 39.2 Å². The molecule has 0 saturated carbocycles. The van der Waals surface area contributed by atoms with Crippen LogP contribution in [0.1, 0.15) is 36.0 Å². The molecule has 0 spiro atoms. The minimum atomic E-state index is -3.20. The maximum atomic E-state index is 13.4. The van der Waals surface area contributed by atoms with Gasteiger partial charge in [0.05, 0.1) is 39.2 Å². The van der Waals surface area contributed by atoms with Crippen LogP contribution in [0.2, 0.25) is 0 Å². The summed E-state index contributed by atoms with van der Waals surface area (Å²) >= 11 is 9.53. The zero-order valence-electron chi connectivity index (χ0n) is 34.4. The SMILES string of the molecule is COC(=O)C1CC(=O)CN1C(=O)OCc1ccccc1.COC(=O)C1CC(F)(F)CN1C(=O)OCc1ccccc1.ClCCl.O=C(O)C1CC(F)(F)CN1C(=O)OCc1ccccc1. The molecular formula is C42H45Cl2F4N3O13. The molecule has 1 N–H and O–H groups in total. The van der Waals surface area contributed by atoms with E-state index in [0.717, 1.165) is 28.0 Å². The summed E-state index contributed by atoms with van der Waals surface area (Å²) in [4.78, 5) is 83.3. The number of methoxy groups -OCH3 is 2. The van der Waals surface area contributed by atoms with Crippen molar-refractivity contribution >= 4 is 65.2 Å². The van der Waals surface area contributed by atoms with Crippen LogP contribution in [0.5, 0.6) is 0 Å². The molecule has 0 bridgehead atoms. The largest absolute Gasteiger partial charge is 0.480 e. The summed E-state index contributed by atoms with van der Waals surface area (Å²) < 4.78 is 77.2. The molecule has 3 fully saturated rings. The van der Waals surface area contributed by atoms with Crippen molar-refractivity contribution in [2.45, 2.75) is 69.1 Å². The Labute approximate surface area is 374 Å². The molecule has 0 radical (unpaired) electrons. The van der Waals surface area contributed by atoms with E-state index in [0.29, 0.717) is 10.5 Å². The topological polar surface area (TPSA) is 196 Å². The second kappa shape index (κ2) is 25.2. The number of ether oxygens (including phenoxy) is 5. The van der Waals surface area contributed by atoms with E-state index in [1.165, 1.54) is 7.11 Å². The predicted octanol–water partition coefficient (Wildman–Crippen LogP) is 6.88. The molecule has 3 saturated heterocycles. The van der Waals surface area contributed by atoms with Crippen molar-refractivity contribution in [3.05, 3.63) is 108 Å². The Morgan fingerprint density at radius 2 is 0.922 bits per heavy atom. The van der Waals surface area contributed by atoms with Gasteiger partial charge in [0.15, 0.2) is 5.78 Å². The Bertz CT molecular complexity index is 2020. The first kappa shape index (κ1) is 52.2. The van der Waals surface area contributed by atoms with Crippen molar-refractivity contribution in [1.29, 1.82) is 0 Å². The van der Waals surface area contributed by atoms with E-state index in [4.69, 9.17) is 42.5 Å². The average molecular weight is 947 g/mol. The first-order valence-corrected chi connectivity index (χ1v) is 20.1. The van der Waals surface area contributed by atoms with Gasteiger partial charge in [0, 0.05) is 19.3 Å². The molecule has 3 aromatic rings. The van der Waals surface area contributed by atoms with Crippen molar-refractivity contribution in [3.63, 3.8) is 0 Å². The van der Waals surface area contributed by atoms with E-state index in [1.54, 1.807) is 60.7 Å². The van der Waals surface area contributed by atoms with Gasteiger partial charge in [0.2, 0.25) is 0 Å². The second-order valence-corrected chi connectivity index (χ2v) is 14.7. The minimum absolute atomic E-state index is 0.0207. The number of benzene rings is 3. The van der Waals surface area contributed by atoms with Crippen LogP contribution in [0.3, 0.4) is 0 Å². The first-order chi connectivity index (χ1) is 30.3. The van der Waals surface area contributed by atoms with Crippen LogP contribution < -0.4 is 0 Å². The van der Waals surface area contributed by atoms with Crippen molar-refractivity contribution in [2.24, 2.45) is 0 Å². The molecule has 3 unspecified atom stereocenters. The molecule has 3 aliphatic heterocycles. The molecule has 0 aliphatic carbocycles. The van der Waals surface area contributed by atoms with Crippen LogP contribution in [0.15, 0.2) is 91.0 Å². The molecule has 3 atom stereocenters. The van der Waals surface area contributed by atoms with Gasteiger partial charge in [0.25, 0.3) is 11.8 Å². The highest BCUT2D eigenvalue weighted by atomic mass is 35.5. The molecule has 3 amide bonds. The van der Waals surface area contributed by atoms with E-state index in [-0.39, 0.29) is 43.9 Å². The Morgan fingerprint density at radius 1 is 0.594 bits per heavy atom. The lowest BCUT2D eigenvalue weighted by Gasteiger charge is -2.21. The van der Waals surface area contributed by atoms with Crippen LogP contribution in [0.25, 0.3) is 0 Å². The van der Waals surface area contributed by atoms with E-state index < -0.39 is 92.1 Å². The van der Waals surface area contributed by atoms with Crippen LogP contribution >= 0.6 is 23.2 Å². The highest BCUT2D eigenvalue weighted by molar-refractivity contribution is 6.40. The number of halogens is 6. The summed E-state index contributed by atoms with van der Waals surface area (Å²) in [6, 6.07) is 22.9. The molecule has 3 aliphatic rings. The Kier molecular flexibility index (Phi) is 20.6. The number of ketones is 1. The molecule has 348 valence electrons. The van der Waals surface area contributed by atoms with Crippen molar-refractivity contribution in [3.8, 4) is 0 Å². The van der Waals surface area contributed by atoms with Gasteiger partial charge < -0.3 is 28.8 Å². The van der Waals surface area contributed by atoms with Gasteiger partial charge in [-0.2, -0.15) is 0 Å². The van der Waals surface area contributed by atoms with Crippen molar-refractivity contribution < 1.29 is 79.9 Å². The fraction of sp³-hybridized carbons (Fsp3) is 0.405. The van der Waals surface area contributed by atoms with Gasteiger partial charge in [-0.1, -0.05) is 91.0 Å². The number of carboxylic acids is 1. The number of hydrogen-bond donors (Lipinski definition) is 1. The third kappa shape index (κ3) is 16.5. The molecule has 3 heterocycles. The molecular weight excluding hydrogens is 901 g/mol. The van der Waals surface area contributed by atoms with E-state index in [9.17, 15) is 51.1 Å². The smallest absolute Gasteiger partial charge is 0.411 e. The number of aliphatic carboxylic acids is 1. The summed E-state index contributed by atoms with van der Waals surface area (Å²) in [5.74, 6) is -9.44. The normalized spacial score (nSPS) is 19.0. The van der Waals surface area contributed by atoms with Gasteiger partial charge in [-0.15, -0.1) is 23.2 Å². The van der Waals surface area contributed by atoms with Crippen molar-refractivity contribution in [1.82, 2.24) is 14.7 Å². The van der Waals surface area contributed by atoms with E-state index in [1.807, 2.05) is 30.3 Å². The summed E-state index contributed by atoms with van der Waals surface area (Å²) in [7, 11) is 2.31. The number of Topliss-reactive ketones (excluding diaryl/α,β-unsaturated/α-hetero) is 1. The number of carbonyl (C=O) groups is 7. The fourth-order valence-corrected chi connectivity index (χ4v) is 6.22. The molecule has 64 heavy (non-hydrogen) atoms. The number of esters is 2. The van der Waals surface area contributed by atoms with Crippen LogP contribution in [0, 0.1) is 0 Å². The third-order valence-electron chi connectivity index (χ3n) is 9.23. The van der Waals surface area contributed by atoms with E-state index >= 15 is 0 Å². The lowest BCUT2D eigenvalue weighted by molar-refractivity contribution is -0.146. The Morgan fingerprint density at radius 3 is 1.28 bits per heavy atom. The van der Waals surface area contributed by atoms with Gasteiger partial charge in [-0.05, 0) is 16.7 Å². The van der Waals surface area contributed by atoms with Gasteiger partial charge in [-0.3, -0.25) is 19.5 Å². The lowest BCUT2D eigenvalue weighted by Crippen LogP contribution is -2.41. The standard InChI is InChI=1S/C14H15F2NO4.C14H15NO5.C13H13F2NO4.CH2Cl2/c1-20-12(18)11-7-14(15,16)9-17(11)13(19)21-8-10-5-3-2-4-6-10;1-19-13(17)12-7-11(16)8-15(12)14(18)20-9-10-5-3-2-4-6-10;14-13(15)6-10(11(17)18)16(8-13)12(19)20-7-9-4-2-1-3-5-9;2-1-3/h2-6,11H,7-9H2,1H3;2-6,12H,7-9H2,1H3;1-5,10H,6-8H2,(H,17,18);1H2. The number of hydrogen-bond acceptors (Lipinski definition) is 12. The minimum Gasteiger partial charge on any atom is -0.480 e. The Balaban J connectivity index is 0.000000247. The lowest BCUT2D eigenvalue weighted by atomic mass is 10.2. The quantitative estimate of drug-likeness (QED) is 0.101. The number of alkyl halides is 6. The first-order valence-electron chi connectivity index (χ1n) is 19.0. The third-order valence-corrected chi connectivity index (χ3v) is 9.23. The molecule has 3 aromatic carbocycles. The zero-order chi connectivity index (χ0) is 47.5. The van der Waals surface area contributed by atoms with Gasteiger partial charge >= 0.3 is 36.2 Å². The van der Waals surface area contributed by atoms with Gasteiger partial charge in [-0.25, -0.2) is 46.3 Å². The van der Waals surface area contributed by atoms with E-state index in [2.05, 4.69) is 9.47 Å². The molecule has 6 rings (SSSR count). The number of carbonyl (C=O) groups excluding carboxylic acids is 6. The predicted molar refractivity (Wildman–Crippen MR) is 218 cm³/mol. The maximum absolute atomic E-state index is 13.4. The number of rotatable bonds is 9. The maximum Gasteiger partial charge on any atom is 0.411 e. The zero-order valence-corrected chi connectivity index (χ0v) is 35.9. The number of nitrogens with zero attached hydrogens (tertiary/aromatic N) is 3. The monoisotopic (exact) mass is 945 g/mol. The summed E-state index contributed by atoms with van der Waals surface area (Å²) in [5, 5.41) is 9.06. The second-order valence-electron chi connectivity index (χ2n) is 13.9. The number of amides is 3. The Hall–Kier alpha value is -6.15. The highest BCUT2D eigenvalue weighted by Crippen LogP contribution is 2.34. The van der Waals surface area contributed by atoms with Gasteiger partial charge in [0.1, 0.15) is 37.9 Å². The molecule has 16 nitrogen and oxygen atoms in total. The summed E-state index contributed by atoms with van der Waals surface area (Å²) in [6.45, 7) is -1.94. The van der Waals surface area contributed by atoms with Crippen LogP contribution in [-0.2, 0) is 62.7 Å².